The fraction of sp³-hybridized carbons (Fsp3) is 0.303. The molecule has 198 valence electrons. The van der Waals surface area contributed by atoms with Crippen LogP contribution < -0.4 is 5.32 Å². The van der Waals surface area contributed by atoms with E-state index in [0.29, 0.717) is 24.9 Å². The van der Waals surface area contributed by atoms with Gasteiger partial charge in [-0.2, -0.15) is 5.26 Å². The number of nitrogens with one attached hydrogen (secondary N) is 2. The summed E-state index contributed by atoms with van der Waals surface area (Å²) >= 11 is 0. The molecule has 1 aliphatic rings. The third kappa shape index (κ3) is 5.94. The van der Waals surface area contributed by atoms with E-state index in [1.165, 1.54) is 11.1 Å². The van der Waals surface area contributed by atoms with E-state index in [9.17, 15) is 10.1 Å². The summed E-state index contributed by atoms with van der Waals surface area (Å²) in [4.78, 5) is 24.0. The summed E-state index contributed by atoms with van der Waals surface area (Å²) < 4.78 is 0. The lowest BCUT2D eigenvalue weighted by atomic mass is 9.83. The minimum absolute atomic E-state index is 0.0738. The second kappa shape index (κ2) is 12.1. The van der Waals surface area contributed by atoms with Gasteiger partial charge in [-0.15, -0.1) is 0 Å². The molecule has 0 spiro atoms. The van der Waals surface area contributed by atoms with Gasteiger partial charge >= 0.3 is 0 Å². The van der Waals surface area contributed by atoms with Crippen LogP contribution >= 0.6 is 0 Å². The Kier molecular flexibility index (Phi) is 8.19. The molecule has 6 heteroatoms. The minimum Gasteiger partial charge on any atom is -0.347 e. The molecule has 0 saturated carbocycles. The largest absolute Gasteiger partial charge is 0.347 e. The van der Waals surface area contributed by atoms with Crippen molar-refractivity contribution >= 4 is 5.91 Å². The van der Waals surface area contributed by atoms with Crippen LogP contribution in [-0.2, 0) is 16.8 Å². The number of piperidine rings is 1. The van der Waals surface area contributed by atoms with Gasteiger partial charge in [0.1, 0.15) is 0 Å². The van der Waals surface area contributed by atoms with Gasteiger partial charge in [-0.1, -0.05) is 79.7 Å². The van der Waals surface area contributed by atoms with Crippen molar-refractivity contribution in [3.8, 4) is 6.07 Å². The van der Waals surface area contributed by atoms with Gasteiger partial charge in [0.15, 0.2) is 0 Å². The van der Waals surface area contributed by atoms with Crippen LogP contribution in [0.3, 0.4) is 0 Å². The number of nitriles is 1. The summed E-state index contributed by atoms with van der Waals surface area (Å²) in [7, 11) is 0. The Morgan fingerprint density at radius 2 is 1.74 bits per heavy atom. The van der Waals surface area contributed by atoms with Gasteiger partial charge in [0.05, 0.1) is 47.3 Å². The van der Waals surface area contributed by atoms with Crippen molar-refractivity contribution < 1.29 is 4.79 Å². The fourth-order valence-corrected chi connectivity index (χ4v) is 5.85. The maximum atomic E-state index is 14.0. The SMILES string of the molecule is CCC(Cc1ccc(C#N)cc1)(NC(=O)[C@H]1CCCN(C(c2ccccc2)c2ccccc2)C1)c1cnc[nH]1. The van der Waals surface area contributed by atoms with Crippen LogP contribution in [0.15, 0.2) is 97.5 Å². The number of likely N-dealkylation sites (tertiary alicyclic amines) is 1. The average molecular weight is 518 g/mol. The van der Waals surface area contributed by atoms with Crippen molar-refractivity contribution in [2.75, 3.05) is 13.1 Å². The van der Waals surface area contributed by atoms with Gasteiger partial charge in [0, 0.05) is 13.0 Å². The monoisotopic (exact) mass is 517 g/mol. The van der Waals surface area contributed by atoms with Gasteiger partial charge in [-0.25, -0.2) is 4.98 Å². The highest BCUT2D eigenvalue weighted by Gasteiger charge is 2.38. The Hall–Kier alpha value is -4.21. The molecule has 3 aromatic carbocycles. The van der Waals surface area contributed by atoms with Crippen LogP contribution in [0, 0.1) is 17.2 Å². The molecule has 2 N–H and O–H groups in total. The van der Waals surface area contributed by atoms with Crippen LogP contribution in [0.1, 0.15) is 60.2 Å². The Morgan fingerprint density at radius 3 is 2.31 bits per heavy atom. The number of aromatic amines is 1. The van der Waals surface area contributed by atoms with Crippen molar-refractivity contribution in [2.45, 2.75) is 44.2 Å². The number of rotatable bonds is 9. The minimum atomic E-state index is -0.623. The first kappa shape index (κ1) is 26.4. The molecule has 2 atom stereocenters. The molecule has 0 radical (unpaired) electrons. The Morgan fingerprint density at radius 1 is 1.08 bits per heavy atom. The zero-order chi connectivity index (χ0) is 27.1. The molecule has 1 amide bonds. The zero-order valence-corrected chi connectivity index (χ0v) is 22.4. The van der Waals surface area contributed by atoms with Gasteiger partial charge in [0.2, 0.25) is 5.91 Å². The molecule has 2 heterocycles. The Bertz CT molecular complexity index is 1340. The third-order valence-corrected chi connectivity index (χ3v) is 7.99. The highest BCUT2D eigenvalue weighted by Crippen LogP contribution is 2.34. The van der Waals surface area contributed by atoms with E-state index < -0.39 is 5.54 Å². The number of imidazole rings is 1. The van der Waals surface area contributed by atoms with Crippen molar-refractivity contribution in [2.24, 2.45) is 5.92 Å². The van der Waals surface area contributed by atoms with Crippen LogP contribution in [0.2, 0.25) is 0 Å². The molecule has 5 rings (SSSR count). The Balaban J connectivity index is 1.39. The smallest absolute Gasteiger partial charge is 0.225 e. The summed E-state index contributed by atoms with van der Waals surface area (Å²) in [6.45, 7) is 3.74. The van der Waals surface area contributed by atoms with Crippen molar-refractivity contribution in [3.05, 3.63) is 125 Å². The van der Waals surface area contributed by atoms with E-state index in [-0.39, 0.29) is 17.9 Å². The molecule has 0 bridgehead atoms. The number of H-pyrrole nitrogens is 1. The summed E-state index contributed by atoms with van der Waals surface area (Å²) in [5.41, 5.74) is 4.44. The maximum Gasteiger partial charge on any atom is 0.225 e. The van der Waals surface area contributed by atoms with Crippen LogP contribution in [0.5, 0.6) is 0 Å². The number of aromatic nitrogens is 2. The average Bonchev–Trinajstić information content (AvgIpc) is 3.55. The predicted molar refractivity (Wildman–Crippen MR) is 153 cm³/mol. The number of carbonyl (C=O) groups is 1. The predicted octanol–water partition coefficient (Wildman–Crippen LogP) is 5.75. The molecular formula is C33H35N5O. The van der Waals surface area contributed by atoms with E-state index in [0.717, 1.165) is 30.6 Å². The topological polar surface area (TPSA) is 84.8 Å². The van der Waals surface area contributed by atoms with E-state index in [1.54, 1.807) is 12.5 Å². The molecule has 1 saturated heterocycles. The molecule has 6 nitrogen and oxygen atoms in total. The second-order valence-electron chi connectivity index (χ2n) is 10.4. The van der Waals surface area contributed by atoms with E-state index in [2.05, 4.69) is 81.7 Å². The van der Waals surface area contributed by atoms with Gasteiger partial charge in [0.25, 0.3) is 0 Å². The molecule has 1 aromatic heterocycles. The van der Waals surface area contributed by atoms with Crippen LogP contribution in [0.25, 0.3) is 0 Å². The number of hydrogen-bond donors (Lipinski definition) is 2. The van der Waals surface area contributed by atoms with Crippen LogP contribution in [-0.4, -0.2) is 33.9 Å². The summed E-state index contributed by atoms with van der Waals surface area (Å²) in [6, 6.07) is 31.0. The number of hydrogen-bond acceptors (Lipinski definition) is 4. The molecule has 1 aliphatic heterocycles. The van der Waals surface area contributed by atoms with Crippen molar-refractivity contribution in [1.82, 2.24) is 20.2 Å². The molecule has 1 fully saturated rings. The quantitative estimate of drug-likeness (QED) is 0.296. The summed E-state index contributed by atoms with van der Waals surface area (Å²) in [5, 5.41) is 12.7. The second-order valence-corrected chi connectivity index (χ2v) is 10.4. The van der Waals surface area contributed by atoms with Crippen molar-refractivity contribution in [1.29, 1.82) is 5.26 Å². The molecule has 1 unspecified atom stereocenters. The Labute approximate surface area is 230 Å². The lowest BCUT2D eigenvalue weighted by Crippen LogP contribution is -2.52. The fourth-order valence-electron chi connectivity index (χ4n) is 5.85. The van der Waals surface area contributed by atoms with E-state index in [4.69, 9.17) is 0 Å². The number of carbonyl (C=O) groups excluding carboxylic acids is 1. The lowest BCUT2D eigenvalue weighted by molar-refractivity contribution is -0.129. The highest BCUT2D eigenvalue weighted by atomic mass is 16.2. The van der Waals surface area contributed by atoms with Crippen molar-refractivity contribution in [3.63, 3.8) is 0 Å². The number of nitrogens with zero attached hydrogens (tertiary/aromatic N) is 3. The summed E-state index contributed by atoms with van der Waals surface area (Å²) in [6.07, 6.45) is 6.61. The number of benzene rings is 3. The summed E-state index contributed by atoms with van der Waals surface area (Å²) in [5.74, 6) is -0.0480. The number of amides is 1. The third-order valence-electron chi connectivity index (χ3n) is 7.99. The first-order valence-electron chi connectivity index (χ1n) is 13.8. The van der Waals surface area contributed by atoms with Gasteiger partial charge < -0.3 is 10.3 Å². The normalized spacial score (nSPS) is 17.3. The maximum absolute atomic E-state index is 14.0. The lowest BCUT2D eigenvalue weighted by Gasteiger charge is -2.40. The molecule has 0 aliphatic carbocycles. The first-order valence-corrected chi connectivity index (χ1v) is 13.8. The highest BCUT2D eigenvalue weighted by molar-refractivity contribution is 5.80. The molecular weight excluding hydrogens is 482 g/mol. The standard InChI is InChI=1S/C33H35N5O/c1-2-33(30-22-35-24-36-30,20-25-15-17-26(21-34)18-16-25)37-32(39)29-14-9-19-38(23-29)31(27-10-5-3-6-11-27)28-12-7-4-8-13-28/h3-8,10-13,15-18,22,24,29,31H,2,9,14,19-20,23H2,1H3,(H,35,36)(H,37,39)/t29-,33?/m0/s1. The van der Waals surface area contributed by atoms with Crippen LogP contribution in [0.4, 0.5) is 0 Å². The van der Waals surface area contributed by atoms with Gasteiger partial charge in [-0.3, -0.25) is 9.69 Å². The molecule has 4 aromatic rings. The first-order chi connectivity index (χ1) is 19.1. The zero-order valence-electron chi connectivity index (χ0n) is 22.4. The van der Waals surface area contributed by atoms with E-state index in [1.807, 2.05) is 36.4 Å². The van der Waals surface area contributed by atoms with E-state index >= 15 is 0 Å². The molecule has 39 heavy (non-hydrogen) atoms. The van der Waals surface area contributed by atoms with Gasteiger partial charge in [-0.05, 0) is 54.6 Å².